The maximum atomic E-state index is 12.3. The van der Waals surface area contributed by atoms with E-state index in [1.807, 2.05) is 20.9 Å². The first kappa shape index (κ1) is 15.5. The fourth-order valence-electron chi connectivity index (χ4n) is 2.69. The first-order chi connectivity index (χ1) is 11.0. The lowest BCUT2D eigenvalue weighted by Crippen LogP contribution is -2.32. The van der Waals surface area contributed by atoms with E-state index in [1.54, 1.807) is 16.8 Å². The number of carbonyl (C=O) groups is 1. The molecule has 0 aromatic carbocycles. The minimum Gasteiger partial charge on any atom is -0.350 e. The zero-order valence-electron chi connectivity index (χ0n) is 13.7. The Morgan fingerprint density at radius 1 is 1.30 bits per heavy atom. The monoisotopic (exact) mass is 315 g/mol. The Balaban J connectivity index is 1.64. The molecule has 1 N–H and O–H groups in total. The lowest BCUT2D eigenvalue weighted by atomic mass is 10.2. The summed E-state index contributed by atoms with van der Waals surface area (Å²) in [7, 11) is 1.81. The van der Waals surface area contributed by atoms with E-state index in [9.17, 15) is 9.59 Å². The Morgan fingerprint density at radius 3 is 2.65 bits per heavy atom. The number of rotatable bonds is 5. The van der Waals surface area contributed by atoms with Crippen molar-refractivity contribution in [2.24, 2.45) is 7.05 Å². The molecule has 0 bridgehead atoms. The fraction of sp³-hybridized carbons (Fsp3) is 0.500. The molecule has 0 radical (unpaired) electrons. The molecule has 1 aliphatic carbocycles. The number of aromatic nitrogens is 4. The van der Waals surface area contributed by atoms with Crippen molar-refractivity contribution in [2.45, 2.75) is 39.2 Å². The van der Waals surface area contributed by atoms with Gasteiger partial charge in [0.15, 0.2) is 0 Å². The number of carbonyl (C=O) groups excluding carboxylic acids is 1. The Hall–Kier alpha value is -2.44. The summed E-state index contributed by atoms with van der Waals surface area (Å²) in [6, 6.07) is 3.36. The second kappa shape index (κ2) is 5.98. The van der Waals surface area contributed by atoms with Crippen molar-refractivity contribution in [1.82, 2.24) is 24.9 Å². The van der Waals surface area contributed by atoms with Gasteiger partial charge in [0.1, 0.15) is 0 Å². The highest BCUT2D eigenvalue weighted by molar-refractivity contribution is 5.96. The molecule has 0 spiro atoms. The summed E-state index contributed by atoms with van der Waals surface area (Å²) >= 11 is 0. The van der Waals surface area contributed by atoms with Crippen LogP contribution in [-0.2, 0) is 13.6 Å². The Kier molecular flexibility index (Phi) is 4.02. The van der Waals surface area contributed by atoms with Crippen molar-refractivity contribution < 1.29 is 4.79 Å². The Morgan fingerprint density at radius 2 is 2.04 bits per heavy atom. The Labute approximate surface area is 134 Å². The molecule has 1 aliphatic rings. The molecule has 0 aliphatic heterocycles. The van der Waals surface area contributed by atoms with Gasteiger partial charge in [-0.25, -0.2) is 4.68 Å². The summed E-state index contributed by atoms with van der Waals surface area (Å²) < 4.78 is 3.12. The van der Waals surface area contributed by atoms with Gasteiger partial charge in [-0.15, -0.1) is 0 Å². The number of hydrogen-bond acceptors (Lipinski definition) is 4. The van der Waals surface area contributed by atoms with Crippen molar-refractivity contribution in [3.05, 3.63) is 45.1 Å². The average molecular weight is 315 g/mol. The lowest BCUT2D eigenvalue weighted by Gasteiger charge is -2.08. The molecule has 3 rings (SSSR count). The average Bonchev–Trinajstić information content (AvgIpc) is 3.30. The molecule has 0 atom stereocenters. The van der Waals surface area contributed by atoms with Crippen LogP contribution in [0.25, 0.3) is 0 Å². The van der Waals surface area contributed by atoms with Crippen molar-refractivity contribution >= 4 is 5.91 Å². The Bertz CT molecular complexity index is 801. The van der Waals surface area contributed by atoms with E-state index in [2.05, 4.69) is 15.5 Å². The number of aryl methyl sites for hydroxylation is 2. The van der Waals surface area contributed by atoms with Crippen molar-refractivity contribution in [3.8, 4) is 0 Å². The molecule has 7 nitrogen and oxygen atoms in total. The smallest absolute Gasteiger partial charge is 0.266 e. The zero-order chi connectivity index (χ0) is 16.6. The lowest BCUT2D eigenvalue weighted by molar-refractivity contribution is 0.0950. The van der Waals surface area contributed by atoms with Crippen LogP contribution < -0.4 is 10.9 Å². The summed E-state index contributed by atoms with van der Waals surface area (Å²) in [5, 5.41) is 11.5. The first-order valence-corrected chi connectivity index (χ1v) is 7.84. The van der Waals surface area contributed by atoms with E-state index in [-0.39, 0.29) is 11.5 Å². The van der Waals surface area contributed by atoms with Gasteiger partial charge in [0, 0.05) is 31.3 Å². The van der Waals surface area contributed by atoms with Crippen molar-refractivity contribution in [2.75, 3.05) is 6.54 Å². The second-order valence-electron chi connectivity index (χ2n) is 6.02. The van der Waals surface area contributed by atoms with Crippen LogP contribution in [-0.4, -0.2) is 32.0 Å². The van der Waals surface area contributed by atoms with E-state index in [1.165, 1.54) is 4.68 Å². The molecule has 7 heteroatoms. The summed E-state index contributed by atoms with van der Waals surface area (Å²) in [5.74, 6) is 0.330. The van der Waals surface area contributed by atoms with Crippen molar-refractivity contribution in [1.29, 1.82) is 0 Å². The summed E-state index contributed by atoms with van der Waals surface area (Å²) in [4.78, 5) is 24.1. The molecule has 1 saturated carbocycles. The van der Waals surface area contributed by atoms with Crippen LogP contribution >= 0.6 is 0 Å². The van der Waals surface area contributed by atoms with Gasteiger partial charge in [-0.3, -0.25) is 14.3 Å². The predicted octanol–water partition coefficient (Wildman–Crippen LogP) is 0.901. The first-order valence-electron chi connectivity index (χ1n) is 7.84. The quantitative estimate of drug-likeness (QED) is 0.889. The normalized spacial score (nSPS) is 14.0. The van der Waals surface area contributed by atoms with E-state index in [0.717, 1.165) is 24.2 Å². The fourth-order valence-corrected chi connectivity index (χ4v) is 2.69. The van der Waals surface area contributed by atoms with Crippen LogP contribution in [0, 0.1) is 13.8 Å². The van der Waals surface area contributed by atoms with Gasteiger partial charge in [-0.2, -0.15) is 10.2 Å². The highest BCUT2D eigenvalue weighted by Crippen LogP contribution is 2.38. The van der Waals surface area contributed by atoms with Crippen LogP contribution in [0.5, 0.6) is 0 Å². The summed E-state index contributed by atoms with van der Waals surface area (Å²) in [6.45, 7) is 4.39. The SMILES string of the molecule is Cc1nn(C)c(C)c1C(=O)NCCn1nc(C2CC2)ccc1=O. The van der Waals surface area contributed by atoms with E-state index >= 15 is 0 Å². The van der Waals surface area contributed by atoms with Crippen LogP contribution in [0.1, 0.15) is 46.2 Å². The third-order valence-corrected chi connectivity index (χ3v) is 4.23. The van der Waals surface area contributed by atoms with Gasteiger partial charge in [0.2, 0.25) is 0 Å². The van der Waals surface area contributed by atoms with E-state index in [0.29, 0.717) is 30.3 Å². The molecule has 2 aromatic rings. The molecule has 1 fully saturated rings. The van der Waals surface area contributed by atoms with Gasteiger partial charge >= 0.3 is 0 Å². The maximum absolute atomic E-state index is 12.3. The van der Waals surface area contributed by atoms with Crippen LogP contribution in [0.2, 0.25) is 0 Å². The maximum Gasteiger partial charge on any atom is 0.266 e. The summed E-state index contributed by atoms with van der Waals surface area (Å²) in [5.41, 5.74) is 2.95. The topological polar surface area (TPSA) is 81.8 Å². The molecule has 23 heavy (non-hydrogen) atoms. The second-order valence-corrected chi connectivity index (χ2v) is 6.02. The molecule has 2 heterocycles. The third-order valence-electron chi connectivity index (χ3n) is 4.23. The van der Waals surface area contributed by atoms with E-state index < -0.39 is 0 Å². The summed E-state index contributed by atoms with van der Waals surface area (Å²) in [6.07, 6.45) is 2.28. The zero-order valence-corrected chi connectivity index (χ0v) is 13.7. The number of nitrogens with one attached hydrogen (secondary N) is 1. The molecule has 2 aromatic heterocycles. The molecule has 0 saturated heterocycles. The van der Waals surface area contributed by atoms with Crippen LogP contribution in [0.15, 0.2) is 16.9 Å². The highest BCUT2D eigenvalue weighted by atomic mass is 16.2. The van der Waals surface area contributed by atoms with Gasteiger partial charge in [-0.1, -0.05) is 0 Å². The minimum atomic E-state index is -0.167. The van der Waals surface area contributed by atoms with Gasteiger partial charge in [0.25, 0.3) is 11.5 Å². The number of nitrogens with zero attached hydrogens (tertiary/aromatic N) is 4. The largest absolute Gasteiger partial charge is 0.350 e. The predicted molar refractivity (Wildman–Crippen MR) is 85.5 cm³/mol. The van der Waals surface area contributed by atoms with Gasteiger partial charge in [0.05, 0.1) is 23.5 Å². The molecular formula is C16H21N5O2. The molecule has 0 unspecified atom stereocenters. The van der Waals surface area contributed by atoms with Gasteiger partial charge < -0.3 is 5.32 Å². The van der Waals surface area contributed by atoms with Crippen LogP contribution in [0.3, 0.4) is 0 Å². The molecule has 1 amide bonds. The minimum absolute atomic E-state index is 0.141. The van der Waals surface area contributed by atoms with Crippen LogP contribution in [0.4, 0.5) is 0 Å². The molecular weight excluding hydrogens is 294 g/mol. The molecule has 122 valence electrons. The third kappa shape index (κ3) is 3.18. The van der Waals surface area contributed by atoms with Gasteiger partial charge in [-0.05, 0) is 32.8 Å². The van der Waals surface area contributed by atoms with Crippen molar-refractivity contribution in [3.63, 3.8) is 0 Å². The standard InChI is InChI=1S/C16H21N5O2/c1-10-15(11(2)20(3)18-10)16(23)17-8-9-21-14(22)7-6-13(19-21)12-4-5-12/h6-7,12H,4-5,8-9H2,1-3H3,(H,17,23). The van der Waals surface area contributed by atoms with E-state index in [4.69, 9.17) is 0 Å². The number of hydrogen-bond donors (Lipinski definition) is 1. The highest BCUT2D eigenvalue weighted by Gasteiger charge is 2.25. The number of amides is 1.